The molecule has 2 aromatic heterocycles. The minimum Gasteiger partial charge on any atom is -0.494 e. The maximum atomic E-state index is 14.8. The van der Waals surface area contributed by atoms with Crippen LogP contribution in [0, 0.1) is 5.82 Å². The monoisotopic (exact) mass is 515 g/mol. The number of benzene rings is 2. The molecule has 36 heavy (non-hydrogen) atoms. The van der Waals surface area contributed by atoms with Crippen LogP contribution in [0.5, 0.6) is 17.4 Å². The molecule has 11 heteroatoms. The summed E-state index contributed by atoms with van der Waals surface area (Å²) in [4.78, 5) is 20.4. The van der Waals surface area contributed by atoms with Crippen LogP contribution < -0.4 is 19.9 Å². The molecule has 0 amide bonds. The van der Waals surface area contributed by atoms with Crippen LogP contribution in [0.25, 0.3) is 22.2 Å². The summed E-state index contributed by atoms with van der Waals surface area (Å²) < 4.78 is 56.8. The lowest BCUT2D eigenvalue weighted by Crippen LogP contribution is -2.29. The van der Waals surface area contributed by atoms with Crippen molar-refractivity contribution in [2.24, 2.45) is 0 Å². The summed E-state index contributed by atoms with van der Waals surface area (Å²) in [5.74, 6) is -0.226. The summed E-state index contributed by atoms with van der Waals surface area (Å²) in [6.45, 7) is 2.11. The SMILES string of the molecule is CCOc1nc([C@@H](CS(C)(=O)=O)n2c(=O)[nH]c3cc(-c4cccc(OC)c4F)ccc32)ccc1OC. The van der Waals surface area contributed by atoms with Crippen LogP contribution in [0.2, 0.25) is 0 Å². The third-order valence-electron chi connectivity index (χ3n) is 5.67. The molecular formula is C25H26FN3O6S. The van der Waals surface area contributed by atoms with E-state index < -0.39 is 27.4 Å². The Bertz CT molecular complexity index is 1580. The van der Waals surface area contributed by atoms with E-state index in [0.29, 0.717) is 40.2 Å². The molecule has 190 valence electrons. The zero-order valence-corrected chi connectivity index (χ0v) is 21.1. The van der Waals surface area contributed by atoms with Gasteiger partial charge in [-0.2, -0.15) is 0 Å². The fraction of sp³-hybridized carbons (Fsp3) is 0.280. The molecule has 4 aromatic rings. The number of sulfone groups is 1. The number of rotatable bonds is 9. The zero-order valence-electron chi connectivity index (χ0n) is 20.2. The van der Waals surface area contributed by atoms with Gasteiger partial charge in [-0.15, -0.1) is 0 Å². The Balaban J connectivity index is 1.88. The molecule has 0 aliphatic rings. The fourth-order valence-electron chi connectivity index (χ4n) is 4.10. The van der Waals surface area contributed by atoms with Crippen molar-refractivity contribution in [2.45, 2.75) is 13.0 Å². The zero-order chi connectivity index (χ0) is 26.0. The molecule has 1 atom stereocenters. The molecule has 2 aromatic carbocycles. The summed E-state index contributed by atoms with van der Waals surface area (Å²) in [6, 6.07) is 12.0. The number of fused-ring (bicyclic) bond motifs is 1. The number of hydrogen-bond acceptors (Lipinski definition) is 7. The lowest BCUT2D eigenvalue weighted by Gasteiger charge is -2.19. The lowest BCUT2D eigenvalue weighted by molar-refractivity contribution is 0.296. The van der Waals surface area contributed by atoms with Crippen molar-refractivity contribution < 1.29 is 27.0 Å². The number of imidazole rings is 1. The minimum absolute atomic E-state index is 0.0996. The van der Waals surface area contributed by atoms with E-state index in [2.05, 4.69) is 9.97 Å². The standard InChI is InChI=1S/C25H26FN3O6S/c1-5-35-24-22(34-3)12-10-17(27-24)20(14-36(4,31)32)29-19-11-9-15(13-18(19)28-25(29)30)16-7-6-8-21(33-2)23(16)26/h6-13,20H,5,14H2,1-4H3,(H,28,30)/t20-/m1/s1. The first-order valence-electron chi connectivity index (χ1n) is 11.1. The number of aromatic nitrogens is 3. The van der Waals surface area contributed by atoms with Gasteiger partial charge in [0, 0.05) is 11.8 Å². The van der Waals surface area contributed by atoms with Crippen LogP contribution in [-0.2, 0) is 9.84 Å². The second-order valence-electron chi connectivity index (χ2n) is 8.14. The molecule has 0 aliphatic carbocycles. The molecule has 1 N–H and O–H groups in total. The van der Waals surface area contributed by atoms with E-state index in [1.165, 1.54) is 24.9 Å². The molecule has 4 rings (SSSR count). The van der Waals surface area contributed by atoms with Gasteiger partial charge >= 0.3 is 5.69 Å². The van der Waals surface area contributed by atoms with Crippen molar-refractivity contribution in [1.29, 1.82) is 0 Å². The molecular weight excluding hydrogens is 489 g/mol. The van der Waals surface area contributed by atoms with Gasteiger partial charge in [0.05, 0.1) is 49.3 Å². The highest BCUT2D eigenvalue weighted by atomic mass is 32.2. The van der Waals surface area contributed by atoms with Gasteiger partial charge in [-0.1, -0.05) is 18.2 Å². The second kappa shape index (κ2) is 10.0. The van der Waals surface area contributed by atoms with E-state index in [1.54, 1.807) is 49.4 Å². The number of halogens is 1. The number of ether oxygens (including phenoxy) is 3. The molecule has 0 fully saturated rings. The van der Waals surface area contributed by atoms with Crippen LogP contribution in [0.4, 0.5) is 4.39 Å². The van der Waals surface area contributed by atoms with Crippen molar-refractivity contribution in [3.05, 3.63) is 70.5 Å². The summed E-state index contributed by atoms with van der Waals surface area (Å²) in [6.07, 6.45) is 1.09. The predicted octanol–water partition coefficient (Wildman–Crippen LogP) is 3.58. The minimum atomic E-state index is -3.54. The molecule has 0 radical (unpaired) electrons. The van der Waals surface area contributed by atoms with E-state index >= 15 is 0 Å². The van der Waals surface area contributed by atoms with Crippen LogP contribution in [-0.4, -0.2) is 55.8 Å². The number of methoxy groups -OCH3 is 2. The number of hydrogen-bond donors (Lipinski definition) is 1. The molecule has 0 saturated heterocycles. The predicted molar refractivity (Wildman–Crippen MR) is 134 cm³/mol. The van der Waals surface area contributed by atoms with Crippen molar-refractivity contribution in [3.8, 4) is 28.5 Å². The fourth-order valence-corrected chi connectivity index (χ4v) is 4.99. The van der Waals surface area contributed by atoms with Gasteiger partial charge in [-0.25, -0.2) is 22.6 Å². The maximum Gasteiger partial charge on any atom is 0.327 e. The molecule has 0 saturated carbocycles. The third-order valence-corrected chi connectivity index (χ3v) is 6.59. The number of nitrogens with zero attached hydrogens (tertiary/aromatic N) is 2. The molecule has 2 heterocycles. The van der Waals surface area contributed by atoms with E-state index in [-0.39, 0.29) is 17.4 Å². The largest absolute Gasteiger partial charge is 0.494 e. The van der Waals surface area contributed by atoms with Gasteiger partial charge < -0.3 is 19.2 Å². The van der Waals surface area contributed by atoms with Crippen molar-refractivity contribution in [1.82, 2.24) is 14.5 Å². The van der Waals surface area contributed by atoms with E-state index in [4.69, 9.17) is 14.2 Å². The number of H-pyrrole nitrogens is 1. The average molecular weight is 516 g/mol. The Morgan fingerprint density at radius 3 is 2.50 bits per heavy atom. The van der Waals surface area contributed by atoms with Gasteiger partial charge in [0.15, 0.2) is 17.3 Å². The Labute approximate surface area is 207 Å². The van der Waals surface area contributed by atoms with Gasteiger partial charge in [0.25, 0.3) is 5.88 Å². The van der Waals surface area contributed by atoms with Crippen LogP contribution in [0.15, 0.2) is 53.3 Å². The second-order valence-corrected chi connectivity index (χ2v) is 10.3. The van der Waals surface area contributed by atoms with Crippen molar-refractivity contribution in [3.63, 3.8) is 0 Å². The van der Waals surface area contributed by atoms with Crippen LogP contribution in [0.1, 0.15) is 18.7 Å². The Morgan fingerprint density at radius 1 is 1.08 bits per heavy atom. The first-order chi connectivity index (χ1) is 17.2. The number of pyridine rings is 1. The molecule has 0 aliphatic heterocycles. The van der Waals surface area contributed by atoms with Crippen LogP contribution in [0.3, 0.4) is 0 Å². The topological polar surface area (TPSA) is 113 Å². The molecule has 0 bridgehead atoms. The van der Waals surface area contributed by atoms with Gasteiger partial charge in [0.1, 0.15) is 9.84 Å². The summed E-state index contributed by atoms with van der Waals surface area (Å²) in [5, 5.41) is 0. The first kappa shape index (κ1) is 25.2. The third kappa shape index (κ3) is 4.92. The normalized spacial score (nSPS) is 12.5. The Kier molecular flexibility index (Phi) is 7.02. The maximum absolute atomic E-state index is 14.8. The summed E-state index contributed by atoms with van der Waals surface area (Å²) in [5.41, 5.74) is 1.46. The highest BCUT2D eigenvalue weighted by molar-refractivity contribution is 7.90. The average Bonchev–Trinajstić information content (AvgIpc) is 3.17. The lowest BCUT2D eigenvalue weighted by atomic mass is 10.0. The molecule has 0 spiro atoms. The van der Waals surface area contributed by atoms with Crippen LogP contribution >= 0.6 is 0 Å². The Morgan fingerprint density at radius 2 is 1.83 bits per heavy atom. The first-order valence-corrected chi connectivity index (χ1v) is 13.2. The number of aromatic amines is 1. The van der Waals surface area contributed by atoms with Crippen molar-refractivity contribution >= 4 is 20.9 Å². The smallest absolute Gasteiger partial charge is 0.327 e. The quantitative estimate of drug-likeness (QED) is 0.363. The van der Waals surface area contributed by atoms with Gasteiger partial charge in [-0.05, 0) is 42.8 Å². The van der Waals surface area contributed by atoms with Gasteiger partial charge in [0.2, 0.25) is 0 Å². The van der Waals surface area contributed by atoms with E-state index in [0.717, 1.165) is 6.26 Å². The summed E-state index contributed by atoms with van der Waals surface area (Å²) >= 11 is 0. The number of nitrogens with one attached hydrogen (secondary N) is 1. The van der Waals surface area contributed by atoms with Crippen molar-refractivity contribution in [2.75, 3.05) is 32.8 Å². The Hall–Kier alpha value is -3.86. The molecule has 9 nitrogen and oxygen atoms in total. The summed E-state index contributed by atoms with van der Waals surface area (Å²) in [7, 11) is -0.681. The highest BCUT2D eigenvalue weighted by Gasteiger charge is 2.26. The molecule has 0 unspecified atom stereocenters. The van der Waals surface area contributed by atoms with E-state index in [9.17, 15) is 17.6 Å². The van der Waals surface area contributed by atoms with Gasteiger partial charge in [-0.3, -0.25) is 4.57 Å². The van der Waals surface area contributed by atoms with E-state index in [1.807, 2.05) is 0 Å². The highest BCUT2D eigenvalue weighted by Crippen LogP contribution is 2.33.